The fraction of sp³-hybridized carbons (Fsp3) is 0.290. The fourth-order valence-electron chi connectivity index (χ4n) is 5.12. The van der Waals surface area contributed by atoms with Crippen LogP contribution in [0, 0.1) is 11.7 Å². The molecule has 3 heterocycles. The van der Waals surface area contributed by atoms with Crippen molar-refractivity contribution in [1.82, 2.24) is 4.90 Å². The Labute approximate surface area is 229 Å². The van der Waals surface area contributed by atoms with Crippen molar-refractivity contribution in [2.24, 2.45) is 5.92 Å². The molecule has 0 unspecified atom stereocenters. The highest BCUT2D eigenvalue weighted by Gasteiger charge is 2.43. The fourth-order valence-corrected chi connectivity index (χ4v) is 5.12. The average molecular weight is 546 g/mol. The number of amides is 1. The molecule has 0 fully saturated rings. The summed E-state index contributed by atoms with van der Waals surface area (Å²) in [7, 11) is 1.54. The minimum absolute atomic E-state index is 0.0638. The summed E-state index contributed by atoms with van der Waals surface area (Å²) in [6, 6.07) is 13.7. The first-order chi connectivity index (χ1) is 19.3. The summed E-state index contributed by atoms with van der Waals surface area (Å²) in [6.07, 6.45) is 0.878. The molecule has 6 rings (SSSR count). The largest absolute Gasteiger partial charge is 0.493 e. The summed E-state index contributed by atoms with van der Waals surface area (Å²) in [5.41, 5.74) is 1.24. The van der Waals surface area contributed by atoms with Crippen molar-refractivity contribution in [2.45, 2.75) is 32.9 Å². The van der Waals surface area contributed by atoms with Gasteiger partial charge in [-0.1, -0.05) is 26.0 Å². The molecule has 9 heteroatoms. The van der Waals surface area contributed by atoms with Crippen LogP contribution in [0.15, 0.2) is 63.8 Å². The van der Waals surface area contributed by atoms with Crippen molar-refractivity contribution in [3.8, 4) is 23.0 Å². The van der Waals surface area contributed by atoms with E-state index in [0.717, 1.165) is 18.1 Å². The van der Waals surface area contributed by atoms with Crippen molar-refractivity contribution >= 4 is 16.9 Å². The van der Waals surface area contributed by atoms with Crippen LogP contribution in [0.2, 0.25) is 0 Å². The number of hydrogen-bond donors (Lipinski definition) is 0. The van der Waals surface area contributed by atoms with E-state index < -0.39 is 23.2 Å². The number of rotatable bonds is 8. The number of fused-ring (bicyclic) bond motifs is 3. The lowest BCUT2D eigenvalue weighted by atomic mass is 9.97. The maximum atomic E-state index is 14.1. The zero-order valence-corrected chi connectivity index (χ0v) is 22.4. The van der Waals surface area contributed by atoms with Crippen LogP contribution < -0.4 is 24.4 Å². The van der Waals surface area contributed by atoms with Gasteiger partial charge in [0.2, 0.25) is 12.6 Å². The maximum absolute atomic E-state index is 14.1. The maximum Gasteiger partial charge on any atom is 0.291 e. The van der Waals surface area contributed by atoms with E-state index in [0.29, 0.717) is 41.1 Å². The van der Waals surface area contributed by atoms with E-state index in [1.165, 1.54) is 19.2 Å². The van der Waals surface area contributed by atoms with Crippen LogP contribution in [0.1, 0.15) is 53.6 Å². The van der Waals surface area contributed by atoms with E-state index in [1.807, 2.05) is 18.2 Å². The molecule has 0 saturated carbocycles. The third-order valence-electron chi connectivity index (χ3n) is 7.17. The van der Waals surface area contributed by atoms with E-state index >= 15 is 0 Å². The molecule has 0 spiro atoms. The predicted octanol–water partition coefficient (Wildman–Crippen LogP) is 5.84. The molecule has 0 radical (unpaired) electrons. The smallest absolute Gasteiger partial charge is 0.291 e. The average Bonchev–Trinajstić information content (AvgIpc) is 3.52. The number of hydrogen-bond acceptors (Lipinski definition) is 7. The molecule has 3 aromatic carbocycles. The van der Waals surface area contributed by atoms with Crippen molar-refractivity contribution < 1.29 is 32.5 Å². The minimum Gasteiger partial charge on any atom is -0.493 e. The van der Waals surface area contributed by atoms with Crippen LogP contribution in [0.25, 0.3) is 11.0 Å². The second-order valence-corrected chi connectivity index (χ2v) is 10.3. The molecule has 0 aliphatic carbocycles. The third kappa shape index (κ3) is 4.51. The van der Waals surface area contributed by atoms with Crippen LogP contribution in [0.4, 0.5) is 4.39 Å². The van der Waals surface area contributed by atoms with E-state index in [4.69, 9.17) is 23.4 Å². The SMILES string of the molecule is COc1cc([C@@H]2c3c(oc4ccc(F)cc4c3=O)C(=O)N2Cc2ccc3c(c2)OCO3)ccc1OCCC(C)C. The summed E-state index contributed by atoms with van der Waals surface area (Å²) < 4.78 is 42.6. The quantitative estimate of drug-likeness (QED) is 0.275. The van der Waals surface area contributed by atoms with E-state index in [-0.39, 0.29) is 35.6 Å². The molecule has 0 saturated heterocycles. The second-order valence-electron chi connectivity index (χ2n) is 10.3. The van der Waals surface area contributed by atoms with Gasteiger partial charge in [0.1, 0.15) is 11.4 Å². The molecule has 1 amide bonds. The highest BCUT2D eigenvalue weighted by Crippen LogP contribution is 2.42. The van der Waals surface area contributed by atoms with Crippen LogP contribution in [0.3, 0.4) is 0 Å². The van der Waals surface area contributed by atoms with Crippen molar-refractivity contribution in [3.05, 3.63) is 93.1 Å². The van der Waals surface area contributed by atoms with Crippen LogP contribution >= 0.6 is 0 Å². The van der Waals surface area contributed by atoms with Crippen LogP contribution in [-0.4, -0.2) is 31.3 Å². The lowest BCUT2D eigenvalue weighted by Crippen LogP contribution is -2.29. The summed E-state index contributed by atoms with van der Waals surface area (Å²) in [5, 5.41) is 0.0714. The van der Waals surface area contributed by atoms with Gasteiger partial charge >= 0.3 is 0 Å². The van der Waals surface area contributed by atoms with E-state index in [9.17, 15) is 14.0 Å². The van der Waals surface area contributed by atoms with Crippen molar-refractivity contribution in [3.63, 3.8) is 0 Å². The number of benzene rings is 3. The number of halogens is 1. The Balaban J connectivity index is 1.46. The zero-order chi connectivity index (χ0) is 28.0. The summed E-state index contributed by atoms with van der Waals surface area (Å²) in [4.78, 5) is 29.2. The first-order valence-corrected chi connectivity index (χ1v) is 13.1. The van der Waals surface area contributed by atoms with E-state index in [1.54, 1.807) is 23.1 Å². The third-order valence-corrected chi connectivity index (χ3v) is 7.17. The molecule has 206 valence electrons. The molecule has 1 aromatic heterocycles. The monoisotopic (exact) mass is 545 g/mol. The summed E-state index contributed by atoms with van der Waals surface area (Å²) >= 11 is 0. The van der Waals surface area contributed by atoms with Gasteiger partial charge in [0.15, 0.2) is 28.4 Å². The normalized spacial score (nSPS) is 15.7. The molecule has 40 heavy (non-hydrogen) atoms. The van der Waals surface area contributed by atoms with Gasteiger partial charge in [-0.25, -0.2) is 4.39 Å². The molecule has 4 aromatic rings. The molecular weight excluding hydrogens is 517 g/mol. The van der Waals surface area contributed by atoms with Gasteiger partial charge in [-0.2, -0.15) is 0 Å². The van der Waals surface area contributed by atoms with Crippen LogP contribution in [0.5, 0.6) is 23.0 Å². The van der Waals surface area contributed by atoms with Crippen LogP contribution in [-0.2, 0) is 6.54 Å². The molecule has 1 atom stereocenters. The summed E-state index contributed by atoms with van der Waals surface area (Å²) in [6.45, 7) is 5.05. The van der Waals surface area contributed by atoms with Gasteiger partial charge in [-0.05, 0) is 65.9 Å². The Bertz CT molecular complexity index is 1680. The molecule has 2 aliphatic heterocycles. The number of nitrogens with zero attached hydrogens (tertiary/aromatic N) is 1. The Hall–Kier alpha value is -4.53. The highest BCUT2D eigenvalue weighted by atomic mass is 19.1. The number of carbonyl (C=O) groups excluding carboxylic acids is 1. The Morgan fingerprint density at radius 3 is 2.62 bits per heavy atom. The molecule has 0 bridgehead atoms. The predicted molar refractivity (Wildman–Crippen MR) is 145 cm³/mol. The second kappa shape index (κ2) is 10.2. The Morgan fingerprint density at radius 2 is 1.82 bits per heavy atom. The number of methoxy groups -OCH3 is 1. The molecule has 2 aliphatic rings. The highest BCUT2D eigenvalue weighted by molar-refractivity contribution is 5.99. The van der Waals surface area contributed by atoms with E-state index in [2.05, 4.69) is 13.8 Å². The van der Waals surface area contributed by atoms with Crippen molar-refractivity contribution in [1.29, 1.82) is 0 Å². The lowest BCUT2D eigenvalue weighted by molar-refractivity contribution is 0.0714. The van der Waals surface area contributed by atoms with Gasteiger partial charge in [-0.3, -0.25) is 9.59 Å². The number of carbonyl (C=O) groups is 1. The summed E-state index contributed by atoms with van der Waals surface area (Å²) in [5.74, 6) is 1.64. The molecule has 0 N–H and O–H groups in total. The first-order valence-electron chi connectivity index (χ1n) is 13.1. The van der Waals surface area contributed by atoms with Gasteiger partial charge < -0.3 is 28.3 Å². The lowest BCUT2D eigenvalue weighted by Gasteiger charge is -2.26. The van der Waals surface area contributed by atoms with Gasteiger partial charge in [0, 0.05) is 6.54 Å². The minimum atomic E-state index is -0.810. The number of ether oxygens (including phenoxy) is 4. The van der Waals surface area contributed by atoms with Gasteiger partial charge in [0.05, 0.1) is 30.7 Å². The standard InChI is InChI=1S/C31H28FNO7/c1-17(2)10-11-37-23-8-5-19(13-25(23)36-3)28-27-29(34)21-14-20(32)6-9-22(21)40-30(27)31(35)33(28)15-18-4-7-24-26(12-18)39-16-38-24/h4-9,12-14,17,28H,10-11,15-16H2,1-3H3/t28-/m1/s1. The molecular formula is C31H28FNO7. The van der Waals surface area contributed by atoms with Crippen molar-refractivity contribution in [2.75, 3.05) is 20.5 Å². The Morgan fingerprint density at radius 1 is 1.00 bits per heavy atom. The molecule has 8 nitrogen and oxygen atoms in total. The van der Waals surface area contributed by atoms with Gasteiger partial charge in [0.25, 0.3) is 5.91 Å². The topological polar surface area (TPSA) is 87.4 Å². The first kappa shape index (κ1) is 25.7. The zero-order valence-electron chi connectivity index (χ0n) is 22.4. The Kier molecular flexibility index (Phi) is 6.57. The van der Waals surface area contributed by atoms with Gasteiger partial charge in [-0.15, -0.1) is 0 Å².